The highest BCUT2D eigenvalue weighted by atomic mass is 35.5. The van der Waals surface area contributed by atoms with E-state index in [4.69, 9.17) is 17.3 Å². The molecule has 0 aliphatic rings. The van der Waals surface area contributed by atoms with Gasteiger partial charge in [-0.15, -0.1) is 12.4 Å². The van der Waals surface area contributed by atoms with E-state index in [9.17, 15) is 9.59 Å². The molecule has 4 N–H and O–H groups in total. The molecular formula is C15H23Cl2N3O2. The van der Waals surface area contributed by atoms with Crippen LogP contribution in [0.25, 0.3) is 0 Å². The van der Waals surface area contributed by atoms with Gasteiger partial charge < -0.3 is 16.4 Å². The minimum atomic E-state index is -0.159. The maximum Gasteiger partial charge on any atom is 0.226 e. The van der Waals surface area contributed by atoms with Gasteiger partial charge in [0.15, 0.2) is 0 Å². The predicted octanol–water partition coefficient (Wildman–Crippen LogP) is 2.64. The largest absolute Gasteiger partial charge is 0.356 e. The van der Waals surface area contributed by atoms with Gasteiger partial charge in [0.1, 0.15) is 0 Å². The van der Waals surface area contributed by atoms with Gasteiger partial charge in [-0.05, 0) is 38.0 Å². The van der Waals surface area contributed by atoms with Crippen LogP contribution in [0.5, 0.6) is 0 Å². The lowest BCUT2D eigenvalue weighted by Gasteiger charge is -2.10. The number of nitrogens with one attached hydrogen (secondary N) is 2. The average molecular weight is 348 g/mol. The molecule has 0 fully saturated rings. The van der Waals surface area contributed by atoms with Gasteiger partial charge in [0.05, 0.1) is 0 Å². The summed E-state index contributed by atoms with van der Waals surface area (Å²) in [6, 6.07) is 5.34. The van der Waals surface area contributed by atoms with Crippen molar-refractivity contribution in [2.45, 2.75) is 39.2 Å². The van der Waals surface area contributed by atoms with Crippen LogP contribution < -0.4 is 16.4 Å². The summed E-state index contributed by atoms with van der Waals surface area (Å²) in [5.41, 5.74) is 7.09. The summed E-state index contributed by atoms with van der Waals surface area (Å²) in [5, 5.41) is 6.09. The Hall–Kier alpha value is -1.30. The van der Waals surface area contributed by atoms with Crippen LogP contribution in [0.2, 0.25) is 5.02 Å². The number of rotatable bonds is 7. The number of hydrogen-bond donors (Lipinski definition) is 3. The second-order valence-electron chi connectivity index (χ2n) is 5.08. The van der Waals surface area contributed by atoms with Gasteiger partial charge in [-0.25, -0.2) is 0 Å². The summed E-state index contributed by atoms with van der Waals surface area (Å²) in [5.74, 6) is -0.244. The molecule has 0 saturated carbocycles. The van der Waals surface area contributed by atoms with E-state index >= 15 is 0 Å². The van der Waals surface area contributed by atoms with E-state index in [0.29, 0.717) is 30.1 Å². The molecule has 1 atom stereocenters. The third-order valence-electron chi connectivity index (χ3n) is 3.04. The molecule has 1 rings (SSSR count). The summed E-state index contributed by atoms with van der Waals surface area (Å²) in [6.45, 7) is 4.00. The molecule has 0 aliphatic heterocycles. The van der Waals surface area contributed by atoms with Crippen LogP contribution in [0.15, 0.2) is 18.2 Å². The standard InChI is InChI=1S/C15H22ClN3O2.ClH/c1-10(17)6-7-14(20)18-9-8-15(21)19-13-5-3-4-12(16)11(13)2;/h3-5,10H,6-9,17H2,1-2H3,(H,18,20)(H,19,21);1H. The van der Waals surface area contributed by atoms with Crippen molar-refractivity contribution in [3.8, 4) is 0 Å². The van der Waals surface area contributed by atoms with Gasteiger partial charge in [-0.2, -0.15) is 0 Å². The van der Waals surface area contributed by atoms with Gasteiger partial charge in [-0.1, -0.05) is 17.7 Å². The smallest absolute Gasteiger partial charge is 0.226 e. The molecule has 22 heavy (non-hydrogen) atoms. The molecule has 2 amide bonds. The Morgan fingerprint density at radius 2 is 1.95 bits per heavy atom. The second kappa shape index (κ2) is 10.4. The Kier molecular flexibility index (Phi) is 9.81. The number of hydrogen-bond acceptors (Lipinski definition) is 3. The first-order valence-corrected chi connectivity index (χ1v) is 7.35. The first-order valence-electron chi connectivity index (χ1n) is 6.97. The predicted molar refractivity (Wildman–Crippen MR) is 92.6 cm³/mol. The minimum Gasteiger partial charge on any atom is -0.356 e. The minimum absolute atomic E-state index is 0. The van der Waals surface area contributed by atoms with Gasteiger partial charge >= 0.3 is 0 Å². The molecule has 0 spiro atoms. The van der Waals surface area contributed by atoms with Crippen molar-refractivity contribution in [2.75, 3.05) is 11.9 Å². The van der Waals surface area contributed by atoms with E-state index in [2.05, 4.69) is 10.6 Å². The zero-order chi connectivity index (χ0) is 15.8. The molecule has 0 radical (unpaired) electrons. The number of halogens is 2. The van der Waals surface area contributed by atoms with Gasteiger partial charge in [0.2, 0.25) is 11.8 Å². The van der Waals surface area contributed by atoms with E-state index in [1.165, 1.54) is 0 Å². The van der Waals surface area contributed by atoms with Gasteiger partial charge in [0.25, 0.3) is 0 Å². The molecule has 5 nitrogen and oxygen atoms in total. The Morgan fingerprint density at radius 3 is 2.59 bits per heavy atom. The normalized spacial score (nSPS) is 11.3. The highest BCUT2D eigenvalue weighted by Crippen LogP contribution is 2.22. The number of carbonyl (C=O) groups is 2. The molecule has 0 aliphatic carbocycles. The molecule has 1 aromatic rings. The number of amides is 2. The van der Waals surface area contributed by atoms with Crippen LogP contribution in [0.1, 0.15) is 31.7 Å². The molecule has 1 unspecified atom stereocenters. The van der Waals surface area contributed by atoms with Gasteiger partial charge in [0, 0.05) is 36.1 Å². The topological polar surface area (TPSA) is 84.2 Å². The fourth-order valence-corrected chi connectivity index (χ4v) is 1.89. The van der Waals surface area contributed by atoms with Crippen LogP contribution in [-0.4, -0.2) is 24.4 Å². The summed E-state index contributed by atoms with van der Waals surface area (Å²) >= 11 is 5.98. The Balaban J connectivity index is 0.00000441. The van der Waals surface area contributed by atoms with Crippen LogP contribution in [0, 0.1) is 6.92 Å². The SMILES string of the molecule is Cc1c(Cl)cccc1NC(=O)CCNC(=O)CCC(C)N.Cl. The van der Waals surface area contributed by atoms with Crippen LogP contribution in [0.3, 0.4) is 0 Å². The van der Waals surface area contributed by atoms with Crippen molar-refractivity contribution < 1.29 is 9.59 Å². The molecule has 7 heteroatoms. The quantitative estimate of drug-likeness (QED) is 0.708. The van der Waals surface area contributed by atoms with E-state index in [1.54, 1.807) is 18.2 Å². The fraction of sp³-hybridized carbons (Fsp3) is 0.467. The van der Waals surface area contributed by atoms with E-state index in [0.717, 1.165) is 5.56 Å². The van der Waals surface area contributed by atoms with Crippen molar-refractivity contribution in [3.63, 3.8) is 0 Å². The third kappa shape index (κ3) is 7.64. The Labute approximate surface area is 142 Å². The summed E-state index contributed by atoms with van der Waals surface area (Å²) in [6.07, 6.45) is 1.24. The van der Waals surface area contributed by atoms with Crippen molar-refractivity contribution in [2.24, 2.45) is 5.73 Å². The van der Waals surface area contributed by atoms with Crippen molar-refractivity contribution in [1.29, 1.82) is 0 Å². The zero-order valence-corrected chi connectivity index (χ0v) is 14.4. The van der Waals surface area contributed by atoms with Crippen LogP contribution in [0.4, 0.5) is 5.69 Å². The first kappa shape index (κ1) is 20.7. The monoisotopic (exact) mass is 347 g/mol. The molecule has 0 heterocycles. The highest BCUT2D eigenvalue weighted by molar-refractivity contribution is 6.31. The summed E-state index contributed by atoms with van der Waals surface area (Å²) < 4.78 is 0. The lowest BCUT2D eigenvalue weighted by atomic mass is 10.2. The molecule has 0 saturated heterocycles. The number of benzene rings is 1. The molecule has 0 aromatic heterocycles. The molecular weight excluding hydrogens is 325 g/mol. The molecule has 0 bridgehead atoms. The summed E-state index contributed by atoms with van der Waals surface area (Å²) in [4.78, 5) is 23.3. The lowest BCUT2D eigenvalue weighted by Crippen LogP contribution is -2.29. The molecule has 1 aromatic carbocycles. The van der Waals surface area contributed by atoms with Crippen LogP contribution >= 0.6 is 24.0 Å². The second-order valence-corrected chi connectivity index (χ2v) is 5.48. The van der Waals surface area contributed by atoms with Crippen molar-refractivity contribution in [3.05, 3.63) is 28.8 Å². The number of nitrogens with two attached hydrogens (primary N) is 1. The van der Waals surface area contributed by atoms with Crippen LogP contribution in [-0.2, 0) is 9.59 Å². The molecule has 124 valence electrons. The highest BCUT2D eigenvalue weighted by Gasteiger charge is 2.08. The Bertz CT molecular complexity index is 508. The number of anilines is 1. The van der Waals surface area contributed by atoms with Crippen molar-refractivity contribution in [1.82, 2.24) is 5.32 Å². The maximum absolute atomic E-state index is 11.8. The fourth-order valence-electron chi connectivity index (χ4n) is 1.72. The van der Waals surface area contributed by atoms with E-state index in [1.807, 2.05) is 13.8 Å². The lowest BCUT2D eigenvalue weighted by molar-refractivity contribution is -0.121. The third-order valence-corrected chi connectivity index (χ3v) is 3.45. The maximum atomic E-state index is 11.8. The van der Waals surface area contributed by atoms with Crippen molar-refractivity contribution >= 4 is 41.5 Å². The van der Waals surface area contributed by atoms with Gasteiger partial charge in [-0.3, -0.25) is 9.59 Å². The first-order chi connectivity index (χ1) is 9.90. The van der Waals surface area contributed by atoms with E-state index in [-0.39, 0.29) is 36.7 Å². The zero-order valence-electron chi connectivity index (χ0n) is 12.8. The number of carbonyl (C=O) groups excluding carboxylic acids is 2. The average Bonchev–Trinajstić information content (AvgIpc) is 2.41. The summed E-state index contributed by atoms with van der Waals surface area (Å²) in [7, 11) is 0. The Morgan fingerprint density at radius 1 is 1.27 bits per heavy atom. The van der Waals surface area contributed by atoms with E-state index < -0.39 is 0 Å².